The van der Waals surface area contributed by atoms with Gasteiger partial charge in [-0.05, 0) is 62.1 Å². The van der Waals surface area contributed by atoms with E-state index in [0.717, 1.165) is 16.7 Å². The number of nitrogens with two attached hydrogens (primary N) is 1. The van der Waals surface area contributed by atoms with Gasteiger partial charge in [-0.3, -0.25) is 0 Å². The van der Waals surface area contributed by atoms with Crippen molar-refractivity contribution in [3.63, 3.8) is 0 Å². The minimum Gasteiger partial charge on any atom is -0.398 e. The molecular formula is C17H20FNO. The molecular weight excluding hydrogens is 253 g/mol. The Bertz CT molecular complexity index is 657. The molecule has 2 aromatic carbocycles. The van der Waals surface area contributed by atoms with Gasteiger partial charge in [0.25, 0.3) is 0 Å². The van der Waals surface area contributed by atoms with E-state index in [4.69, 9.17) is 5.73 Å². The molecule has 0 saturated carbocycles. The fraction of sp³-hybridized carbons (Fsp3) is 0.294. The number of hydrogen-bond acceptors (Lipinski definition) is 2. The molecule has 0 spiro atoms. The zero-order valence-electron chi connectivity index (χ0n) is 12.3. The van der Waals surface area contributed by atoms with Crippen molar-refractivity contribution in [2.45, 2.75) is 33.3 Å². The molecule has 0 aromatic heterocycles. The topological polar surface area (TPSA) is 46.2 Å². The quantitative estimate of drug-likeness (QED) is 0.815. The summed E-state index contributed by atoms with van der Waals surface area (Å²) < 4.78 is 14.3. The van der Waals surface area contributed by atoms with Crippen molar-refractivity contribution in [1.29, 1.82) is 0 Å². The lowest BCUT2D eigenvalue weighted by atomic mass is 9.92. The minimum atomic E-state index is -1.05. The number of rotatable bonds is 2. The maximum absolute atomic E-state index is 14.3. The smallest absolute Gasteiger partial charge is 0.131 e. The average Bonchev–Trinajstić information content (AvgIpc) is 2.33. The Balaban J connectivity index is 2.57. The highest BCUT2D eigenvalue weighted by Crippen LogP contribution is 2.32. The highest BCUT2D eigenvalue weighted by Gasteiger charge is 2.18. The molecule has 0 aliphatic rings. The van der Waals surface area contributed by atoms with Gasteiger partial charge < -0.3 is 10.8 Å². The highest BCUT2D eigenvalue weighted by molar-refractivity contribution is 5.73. The molecule has 20 heavy (non-hydrogen) atoms. The van der Waals surface area contributed by atoms with E-state index in [1.165, 1.54) is 6.07 Å². The Labute approximate surface area is 119 Å². The molecule has 3 heteroatoms. The predicted octanol–water partition coefficient (Wildman–Crippen LogP) is 3.92. The Morgan fingerprint density at radius 1 is 1.00 bits per heavy atom. The normalized spacial score (nSPS) is 11.7. The van der Waals surface area contributed by atoms with Crippen LogP contribution in [-0.4, -0.2) is 5.11 Å². The van der Waals surface area contributed by atoms with Crippen LogP contribution in [0.4, 0.5) is 10.1 Å². The molecule has 0 fully saturated rings. The molecule has 3 N–H and O–H groups in total. The minimum absolute atomic E-state index is 0.351. The fourth-order valence-electron chi connectivity index (χ4n) is 2.27. The lowest BCUT2D eigenvalue weighted by molar-refractivity contribution is 0.0782. The molecule has 0 amide bonds. The largest absolute Gasteiger partial charge is 0.398 e. The summed E-state index contributed by atoms with van der Waals surface area (Å²) in [5.74, 6) is -0.351. The number of benzene rings is 2. The second-order valence-corrected chi connectivity index (χ2v) is 5.78. The second kappa shape index (κ2) is 4.91. The Morgan fingerprint density at radius 2 is 1.65 bits per heavy atom. The fourth-order valence-corrected chi connectivity index (χ4v) is 2.27. The van der Waals surface area contributed by atoms with Gasteiger partial charge in [0, 0.05) is 11.3 Å². The van der Waals surface area contributed by atoms with Gasteiger partial charge >= 0.3 is 0 Å². The van der Waals surface area contributed by atoms with E-state index in [2.05, 4.69) is 0 Å². The van der Waals surface area contributed by atoms with Crippen molar-refractivity contribution >= 4 is 5.69 Å². The van der Waals surface area contributed by atoms with Gasteiger partial charge in [-0.15, -0.1) is 0 Å². The monoisotopic (exact) mass is 273 g/mol. The standard InChI is InChI=1S/C17H20FNO/c1-10-7-11(2)16(19)9-14(10)13-6-5-12(8-15(13)18)17(3,4)20/h5-9,20H,19H2,1-4H3. The van der Waals surface area contributed by atoms with Crippen LogP contribution >= 0.6 is 0 Å². The Kier molecular flexibility index (Phi) is 3.57. The third-order valence-corrected chi connectivity index (χ3v) is 3.58. The molecule has 2 rings (SSSR count). The van der Waals surface area contributed by atoms with Crippen LogP contribution in [0.5, 0.6) is 0 Å². The molecule has 0 atom stereocenters. The van der Waals surface area contributed by atoms with Gasteiger partial charge in [0.1, 0.15) is 5.82 Å². The molecule has 2 aromatic rings. The lowest BCUT2D eigenvalue weighted by Gasteiger charge is -2.19. The molecule has 0 unspecified atom stereocenters. The van der Waals surface area contributed by atoms with Gasteiger partial charge in [-0.25, -0.2) is 4.39 Å². The van der Waals surface area contributed by atoms with Crippen LogP contribution in [0.15, 0.2) is 30.3 Å². The van der Waals surface area contributed by atoms with Crippen LogP contribution < -0.4 is 5.73 Å². The number of hydrogen-bond donors (Lipinski definition) is 2. The van der Waals surface area contributed by atoms with Crippen molar-refractivity contribution in [1.82, 2.24) is 0 Å². The van der Waals surface area contributed by atoms with E-state index in [1.54, 1.807) is 32.0 Å². The summed E-state index contributed by atoms with van der Waals surface area (Å²) in [6, 6.07) is 8.57. The van der Waals surface area contributed by atoms with Gasteiger partial charge in [-0.1, -0.05) is 18.2 Å². The zero-order chi connectivity index (χ0) is 15.1. The van der Waals surface area contributed by atoms with E-state index in [0.29, 0.717) is 16.8 Å². The van der Waals surface area contributed by atoms with Gasteiger partial charge in [0.2, 0.25) is 0 Å². The van der Waals surface area contributed by atoms with Crippen LogP contribution in [0.1, 0.15) is 30.5 Å². The summed E-state index contributed by atoms with van der Waals surface area (Å²) in [4.78, 5) is 0. The zero-order valence-corrected chi connectivity index (χ0v) is 12.3. The summed E-state index contributed by atoms with van der Waals surface area (Å²) in [6.07, 6.45) is 0. The molecule has 0 saturated heterocycles. The third kappa shape index (κ3) is 2.68. The number of anilines is 1. The van der Waals surface area contributed by atoms with Crippen LogP contribution in [0.3, 0.4) is 0 Å². The van der Waals surface area contributed by atoms with Crippen molar-refractivity contribution in [3.8, 4) is 11.1 Å². The van der Waals surface area contributed by atoms with Crippen molar-refractivity contribution in [2.24, 2.45) is 0 Å². The van der Waals surface area contributed by atoms with E-state index in [-0.39, 0.29) is 5.82 Å². The molecule has 0 heterocycles. The molecule has 0 aliphatic carbocycles. The average molecular weight is 273 g/mol. The number of halogens is 1. The second-order valence-electron chi connectivity index (χ2n) is 5.78. The summed E-state index contributed by atoms with van der Waals surface area (Å²) in [5.41, 5.74) is 9.31. The van der Waals surface area contributed by atoms with Gasteiger partial charge in [0.15, 0.2) is 0 Å². The highest BCUT2D eigenvalue weighted by atomic mass is 19.1. The number of nitrogen functional groups attached to an aromatic ring is 1. The summed E-state index contributed by atoms with van der Waals surface area (Å²) in [7, 11) is 0. The first-order chi connectivity index (χ1) is 9.20. The summed E-state index contributed by atoms with van der Waals surface area (Å²) >= 11 is 0. The van der Waals surface area contributed by atoms with Crippen LogP contribution in [0.25, 0.3) is 11.1 Å². The number of aliphatic hydroxyl groups is 1. The van der Waals surface area contributed by atoms with Gasteiger partial charge in [-0.2, -0.15) is 0 Å². The first-order valence-corrected chi connectivity index (χ1v) is 6.59. The van der Waals surface area contributed by atoms with Crippen molar-refractivity contribution < 1.29 is 9.50 Å². The Morgan fingerprint density at radius 3 is 2.20 bits per heavy atom. The molecule has 0 radical (unpaired) electrons. The van der Waals surface area contributed by atoms with E-state index >= 15 is 0 Å². The third-order valence-electron chi connectivity index (χ3n) is 3.58. The molecule has 106 valence electrons. The first kappa shape index (κ1) is 14.5. The maximum Gasteiger partial charge on any atom is 0.131 e. The summed E-state index contributed by atoms with van der Waals surface area (Å²) in [5, 5.41) is 9.92. The Hall–Kier alpha value is -1.87. The summed E-state index contributed by atoms with van der Waals surface area (Å²) in [6.45, 7) is 7.14. The maximum atomic E-state index is 14.3. The predicted molar refractivity (Wildman–Crippen MR) is 81.0 cm³/mol. The van der Waals surface area contributed by atoms with Crippen LogP contribution in [0, 0.1) is 19.7 Å². The van der Waals surface area contributed by atoms with Crippen molar-refractivity contribution in [2.75, 3.05) is 5.73 Å². The van der Waals surface area contributed by atoms with Gasteiger partial charge in [0.05, 0.1) is 5.60 Å². The van der Waals surface area contributed by atoms with Crippen LogP contribution in [0.2, 0.25) is 0 Å². The van der Waals surface area contributed by atoms with Crippen molar-refractivity contribution in [3.05, 3.63) is 52.8 Å². The molecule has 2 nitrogen and oxygen atoms in total. The van der Waals surface area contributed by atoms with E-state index < -0.39 is 5.60 Å². The number of aryl methyl sites for hydroxylation is 2. The molecule has 0 aliphatic heterocycles. The lowest BCUT2D eigenvalue weighted by Crippen LogP contribution is -2.15. The van der Waals surface area contributed by atoms with E-state index in [1.807, 2.05) is 19.9 Å². The SMILES string of the molecule is Cc1cc(C)c(-c2ccc(C(C)(C)O)cc2F)cc1N. The first-order valence-electron chi connectivity index (χ1n) is 6.59. The van der Waals surface area contributed by atoms with E-state index in [9.17, 15) is 9.50 Å². The molecule has 0 bridgehead atoms. The van der Waals surface area contributed by atoms with Crippen LogP contribution in [-0.2, 0) is 5.60 Å².